The summed E-state index contributed by atoms with van der Waals surface area (Å²) in [7, 11) is 0. The second-order valence-electron chi connectivity index (χ2n) is 2.36. The molecular formula is C8H7ClN2O. The maximum atomic E-state index is 5.58. The first-order valence-electron chi connectivity index (χ1n) is 3.51. The smallest absolute Gasteiger partial charge is 0.175 e. The maximum absolute atomic E-state index is 5.58. The van der Waals surface area contributed by atoms with Crippen LogP contribution in [0.4, 0.5) is 0 Å². The molecule has 0 spiro atoms. The van der Waals surface area contributed by atoms with Crippen LogP contribution >= 0.6 is 11.8 Å². The van der Waals surface area contributed by atoms with E-state index in [1.165, 1.54) is 4.53 Å². The van der Waals surface area contributed by atoms with Crippen molar-refractivity contribution in [1.29, 1.82) is 0 Å². The zero-order valence-electron chi connectivity index (χ0n) is 6.20. The van der Waals surface area contributed by atoms with E-state index in [4.69, 9.17) is 16.6 Å². The Bertz CT molecular complexity index is 299. The molecule has 0 saturated carbocycles. The van der Waals surface area contributed by atoms with E-state index >= 15 is 0 Å². The fraction of sp³-hybridized carbons (Fsp3) is 0. The van der Waals surface area contributed by atoms with E-state index in [2.05, 4.69) is 5.59 Å². The van der Waals surface area contributed by atoms with Crippen LogP contribution in [-0.2, 0) is 4.84 Å². The van der Waals surface area contributed by atoms with Crippen LogP contribution in [0.5, 0.6) is 0 Å². The Balaban J connectivity index is 2.27. The number of nitrogens with zero attached hydrogens (tertiary/aromatic N) is 1. The van der Waals surface area contributed by atoms with Crippen LogP contribution in [0.3, 0.4) is 0 Å². The standard InChI is InChI=1S/C8H7ClN2O/c9-11-6-8(12-10-11)7-4-2-1-3-5-7/h1-6,10H. The van der Waals surface area contributed by atoms with Crippen LogP contribution < -0.4 is 5.59 Å². The lowest BCUT2D eigenvalue weighted by molar-refractivity contribution is 0.101. The topological polar surface area (TPSA) is 24.5 Å². The van der Waals surface area contributed by atoms with Gasteiger partial charge in [0.25, 0.3) is 0 Å². The molecule has 0 unspecified atom stereocenters. The molecule has 4 heteroatoms. The maximum Gasteiger partial charge on any atom is 0.175 e. The Morgan fingerprint density at radius 2 is 2.00 bits per heavy atom. The average molecular weight is 183 g/mol. The van der Waals surface area contributed by atoms with Crippen molar-refractivity contribution in [2.45, 2.75) is 0 Å². The van der Waals surface area contributed by atoms with Gasteiger partial charge in [-0.15, -0.1) is 0 Å². The first-order valence-corrected chi connectivity index (χ1v) is 3.85. The highest BCUT2D eigenvalue weighted by Gasteiger charge is 2.12. The van der Waals surface area contributed by atoms with Gasteiger partial charge >= 0.3 is 0 Å². The summed E-state index contributed by atoms with van der Waals surface area (Å²) in [6.45, 7) is 0. The van der Waals surface area contributed by atoms with Crippen molar-refractivity contribution in [2.24, 2.45) is 0 Å². The molecule has 1 aromatic rings. The third-order valence-corrected chi connectivity index (χ3v) is 1.70. The highest BCUT2D eigenvalue weighted by molar-refractivity contribution is 6.14. The molecule has 0 saturated heterocycles. The first kappa shape index (κ1) is 7.46. The van der Waals surface area contributed by atoms with E-state index in [1.54, 1.807) is 6.20 Å². The summed E-state index contributed by atoms with van der Waals surface area (Å²) < 4.78 is 1.24. The minimum Gasteiger partial charge on any atom is -0.386 e. The summed E-state index contributed by atoms with van der Waals surface area (Å²) in [5.41, 5.74) is 3.47. The molecule has 0 aromatic heterocycles. The van der Waals surface area contributed by atoms with Crippen molar-refractivity contribution in [3.05, 3.63) is 42.1 Å². The van der Waals surface area contributed by atoms with Gasteiger partial charge in [0.1, 0.15) is 0 Å². The van der Waals surface area contributed by atoms with Crippen LogP contribution in [0, 0.1) is 0 Å². The van der Waals surface area contributed by atoms with Crippen molar-refractivity contribution < 1.29 is 4.84 Å². The van der Waals surface area contributed by atoms with E-state index in [-0.39, 0.29) is 0 Å². The second-order valence-corrected chi connectivity index (χ2v) is 2.73. The van der Waals surface area contributed by atoms with Crippen LogP contribution in [0.2, 0.25) is 0 Å². The molecule has 0 bridgehead atoms. The molecule has 1 heterocycles. The Labute approximate surface area is 75.2 Å². The van der Waals surface area contributed by atoms with E-state index in [1.807, 2.05) is 30.3 Å². The van der Waals surface area contributed by atoms with Gasteiger partial charge in [-0.3, -0.25) is 0 Å². The molecule has 1 aliphatic heterocycles. The van der Waals surface area contributed by atoms with Crippen molar-refractivity contribution in [3.63, 3.8) is 0 Å². The van der Waals surface area contributed by atoms with Crippen LogP contribution in [0.25, 0.3) is 5.76 Å². The number of nitrogens with one attached hydrogen (secondary N) is 1. The summed E-state index contributed by atoms with van der Waals surface area (Å²) in [5.74, 6) is 0.714. The lowest BCUT2D eigenvalue weighted by Crippen LogP contribution is -2.16. The Morgan fingerprint density at radius 1 is 1.25 bits per heavy atom. The Kier molecular flexibility index (Phi) is 1.89. The molecule has 2 rings (SSSR count). The quantitative estimate of drug-likeness (QED) is 0.672. The number of hydrogen-bond acceptors (Lipinski definition) is 3. The van der Waals surface area contributed by atoms with Crippen LogP contribution in [-0.4, -0.2) is 4.53 Å². The second kappa shape index (κ2) is 3.05. The van der Waals surface area contributed by atoms with Gasteiger partial charge in [0.15, 0.2) is 5.76 Å². The van der Waals surface area contributed by atoms with E-state index in [0.29, 0.717) is 5.76 Å². The normalized spacial score (nSPS) is 15.8. The summed E-state index contributed by atoms with van der Waals surface area (Å²) in [6.07, 6.45) is 1.66. The fourth-order valence-corrected chi connectivity index (χ4v) is 1.11. The fourth-order valence-electron chi connectivity index (χ4n) is 0.984. The number of hydrazine groups is 1. The molecule has 0 amide bonds. The van der Waals surface area contributed by atoms with Crippen molar-refractivity contribution in [1.82, 2.24) is 10.1 Å². The minimum absolute atomic E-state index is 0.714. The summed E-state index contributed by atoms with van der Waals surface area (Å²) >= 11 is 5.58. The third-order valence-electron chi connectivity index (χ3n) is 1.53. The van der Waals surface area contributed by atoms with Crippen LogP contribution in [0.1, 0.15) is 5.56 Å². The molecule has 62 valence electrons. The SMILES string of the molecule is ClN1C=C(c2ccccc2)ON1. The van der Waals surface area contributed by atoms with Gasteiger partial charge in [-0.05, 0) is 0 Å². The van der Waals surface area contributed by atoms with Crippen molar-refractivity contribution in [3.8, 4) is 0 Å². The number of rotatable bonds is 1. The minimum atomic E-state index is 0.714. The number of hydrogen-bond donors (Lipinski definition) is 1. The molecular weight excluding hydrogens is 176 g/mol. The zero-order chi connectivity index (χ0) is 8.39. The molecule has 0 radical (unpaired) electrons. The Hall–Kier alpha value is -1.19. The molecule has 0 atom stereocenters. The van der Waals surface area contributed by atoms with Gasteiger partial charge in [-0.2, -0.15) is 4.53 Å². The molecule has 3 nitrogen and oxygen atoms in total. The molecule has 0 fully saturated rings. The highest BCUT2D eigenvalue weighted by Crippen LogP contribution is 2.19. The van der Waals surface area contributed by atoms with Crippen LogP contribution in [0.15, 0.2) is 36.5 Å². The van der Waals surface area contributed by atoms with Gasteiger partial charge in [0, 0.05) is 17.3 Å². The summed E-state index contributed by atoms with van der Waals surface area (Å²) in [6, 6.07) is 9.73. The van der Waals surface area contributed by atoms with E-state index < -0.39 is 0 Å². The van der Waals surface area contributed by atoms with Crippen molar-refractivity contribution >= 4 is 17.5 Å². The highest BCUT2D eigenvalue weighted by atomic mass is 35.5. The lowest BCUT2D eigenvalue weighted by Gasteiger charge is -2.01. The number of benzene rings is 1. The molecule has 1 aliphatic rings. The molecule has 1 N–H and O–H groups in total. The van der Waals surface area contributed by atoms with E-state index in [0.717, 1.165) is 5.56 Å². The average Bonchev–Trinajstić information content (AvgIpc) is 2.54. The first-order chi connectivity index (χ1) is 5.86. The zero-order valence-corrected chi connectivity index (χ0v) is 6.95. The molecule has 12 heavy (non-hydrogen) atoms. The van der Waals surface area contributed by atoms with Gasteiger partial charge in [-0.1, -0.05) is 35.9 Å². The van der Waals surface area contributed by atoms with Crippen molar-refractivity contribution in [2.75, 3.05) is 0 Å². The predicted molar refractivity (Wildman–Crippen MR) is 46.3 cm³/mol. The summed E-state index contributed by atoms with van der Waals surface area (Å²) in [4.78, 5) is 5.06. The van der Waals surface area contributed by atoms with Gasteiger partial charge in [-0.25, -0.2) is 0 Å². The monoisotopic (exact) mass is 182 g/mol. The van der Waals surface area contributed by atoms with Gasteiger partial charge in [0.2, 0.25) is 0 Å². The third kappa shape index (κ3) is 1.37. The summed E-state index contributed by atoms with van der Waals surface area (Å²) in [5, 5.41) is 0. The largest absolute Gasteiger partial charge is 0.386 e. The van der Waals surface area contributed by atoms with E-state index in [9.17, 15) is 0 Å². The van der Waals surface area contributed by atoms with Gasteiger partial charge in [0.05, 0.1) is 6.20 Å². The predicted octanol–water partition coefficient (Wildman–Crippen LogP) is 1.89. The molecule has 1 aromatic carbocycles. The number of halogens is 1. The van der Waals surface area contributed by atoms with Gasteiger partial charge < -0.3 is 4.84 Å². The Morgan fingerprint density at radius 3 is 2.58 bits per heavy atom. The molecule has 0 aliphatic carbocycles. The lowest BCUT2D eigenvalue weighted by atomic mass is 10.2.